The van der Waals surface area contributed by atoms with Crippen LogP contribution in [0.25, 0.3) is 21.8 Å². The molecule has 3 amide bonds. The molecule has 350 valence electrons. The van der Waals surface area contributed by atoms with Gasteiger partial charge in [-0.1, -0.05) is 36.4 Å². The van der Waals surface area contributed by atoms with Crippen molar-refractivity contribution in [3.8, 4) is 0 Å². The van der Waals surface area contributed by atoms with Crippen LogP contribution in [-0.4, -0.2) is 106 Å². The van der Waals surface area contributed by atoms with Gasteiger partial charge in [-0.05, 0) is 134 Å². The molecule has 0 bridgehead atoms. The van der Waals surface area contributed by atoms with Crippen LogP contribution in [0.3, 0.4) is 0 Å². The van der Waals surface area contributed by atoms with Gasteiger partial charge in [0.15, 0.2) is 13.5 Å². The number of fused-ring (bicyclic) bond motifs is 2. The van der Waals surface area contributed by atoms with Crippen molar-refractivity contribution in [2.75, 3.05) is 46.3 Å². The lowest BCUT2D eigenvalue weighted by atomic mass is 9.89. The van der Waals surface area contributed by atoms with E-state index in [-0.39, 0.29) is 49.3 Å². The Balaban J connectivity index is 1.14. The molecule has 3 N–H and O–H groups in total. The number of ether oxygens (including phenoxy) is 2. The number of amides is 3. The van der Waals surface area contributed by atoms with Crippen molar-refractivity contribution in [1.82, 2.24) is 40.1 Å². The molecular weight excluding hydrogens is 825 g/mol. The van der Waals surface area contributed by atoms with E-state index >= 15 is 0 Å². The van der Waals surface area contributed by atoms with E-state index in [2.05, 4.69) is 46.2 Å². The summed E-state index contributed by atoms with van der Waals surface area (Å²) in [6.45, 7) is 20.2. The number of urea groups is 1. The molecule has 1 atom stereocenters. The van der Waals surface area contributed by atoms with E-state index in [0.29, 0.717) is 69.0 Å². The zero-order chi connectivity index (χ0) is 46.9. The Kier molecular flexibility index (Phi) is 16.1. The lowest BCUT2D eigenvalue weighted by molar-refractivity contribution is -0.158. The predicted octanol–water partition coefficient (Wildman–Crippen LogP) is 6.17. The minimum atomic E-state index is -0.879. The van der Waals surface area contributed by atoms with Crippen LogP contribution < -0.4 is 21.5 Å². The molecule has 2 aromatic carbocycles. The second kappa shape index (κ2) is 21.5. The third-order valence-corrected chi connectivity index (χ3v) is 12.9. The third-order valence-electron chi connectivity index (χ3n) is 12.9. The van der Waals surface area contributed by atoms with Crippen LogP contribution in [0.1, 0.15) is 88.8 Å². The van der Waals surface area contributed by atoms with E-state index in [1.54, 1.807) is 35.6 Å². The zero-order valence-corrected chi connectivity index (χ0v) is 39.1. The molecule has 2 aliphatic heterocycles. The number of esters is 2. The summed E-state index contributed by atoms with van der Waals surface area (Å²) < 4.78 is 14.4. The van der Waals surface area contributed by atoms with Gasteiger partial charge in [0.2, 0.25) is 5.91 Å². The number of nitrogens with zero attached hydrogens (tertiary/aromatic N) is 5. The summed E-state index contributed by atoms with van der Waals surface area (Å²) in [7, 11) is 2.13. The summed E-state index contributed by atoms with van der Waals surface area (Å²) in [5.41, 5.74) is 2.02. The molecule has 0 saturated carbocycles. The Bertz CT molecular complexity index is 2420. The standard InChI is InChI=1S/C50H68N8O7/c1-9-19-49(4,5)46(61)64-32-57-31-38-28-35(27-34(3)43(38)54-57)29-41(44(59)52-22-21-51-39-17-23-55(8)24-18-39)53-48(63)56-25-15-36(16-26-56)40-30-37-13-11-12-14-42(37)58(45(40)60)33-65-47(62)50(6,7)20-10-2/h9-14,27-28,30-31,36,39,41,51H,1-2,15-26,29,32-33H2,3-8H3,(H,52,59)(H,53,63)/t41-/m1/s1. The normalized spacial score (nSPS) is 16.0. The van der Waals surface area contributed by atoms with Crippen molar-refractivity contribution in [2.45, 2.75) is 111 Å². The molecule has 0 unspecified atom stereocenters. The van der Waals surface area contributed by atoms with Gasteiger partial charge in [-0.15, -0.1) is 13.2 Å². The van der Waals surface area contributed by atoms with Crippen molar-refractivity contribution >= 4 is 45.7 Å². The molecule has 4 heterocycles. The summed E-state index contributed by atoms with van der Waals surface area (Å²) >= 11 is 0. The summed E-state index contributed by atoms with van der Waals surface area (Å²) in [5, 5.41) is 16.0. The highest BCUT2D eigenvalue weighted by Crippen LogP contribution is 2.30. The topological polar surface area (TPSA) is 169 Å². The SMILES string of the molecule is C=CCC(C)(C)C(=O)OCn1cc2cc(C[C@@H](NC(=O)N3CCC(c4cc5ccccc5n(COC(=O)C(C)(C)CC=C)c4=O)CC3)C(=O)NCCNC3CCN(C)CC3)cc(C)c2n1. The average molecular weight is 893 g/mol. The Labute approximate surface area is 382 Å². The molecule has 2 fully saturated rings. The molecule has 0 spiro atoms. The summed E-state index contributed by atoms with van der Waals surface area (Å²) in [4.78, 5) is 71.9. The highest BCUT2D eigenvalue weighted by Gasteiger charge is 2.32. The maximum absolute atomic E-state index is 14.1. The Hall–Kier alpha value is -5.80. The lowest BCUT2D eigenvalue weighted by Gasteiger charge is -2.33. The first-order chi connectivity index (χ1) is 31.0. The largest absolute Gasteiger partial charge is 0.443 e. The number of allylic oxidation sites excluding steroid dienone is 2. The zero-order valence-electron chi connectivity index (χ0n) is 39.1. The number of nitrogens with one attached hydrogen (secondary N) is 3. The minimum Gasteiger partial charge on any atom is -0.443 e. The first kappa shape index (κ1) is 48.7. The van der Waals surface area contributed by atoms with Crippen LogP contribution in [0, 0.1) is 17.8 Å². The Morgan fingerprint density at radius 3 is 2.17 bits per heavy atom. The number of para-hydroxylation sites is 1. The summed E-state index contributed by atoms with van der Waals surface area (Å²) in [6.07, 6.45) is 9.52. The minimum absolute atomic E-state index is 0.0481. The molecule has 0 radical (unpaired) electrons. The quantitative estimate of drug-likeness (QED) is 0.0563. The molecule has 6 rings (SSSR count). The highest BCUT2D eigenvalue weighted by atomic mass is 16.5. The fraction of sp³-hybridized carbons (Fsp3) is 0.520. The molecule has 2 aromatic heterocycles. The maximum Gasteiger partial charge on any atom is 0.318 e. The van der Waals surface area contributed by atoms with E-state index < -0.39 is 22.8 Å². The van der Waals surface area contributed by atoms with Gasteiger partial charge in [-0.2, -0.15) is 5.10 Å². The van der Waals surface area contributed by atoms with Gasteiger partial charge in [-0.3, -0.25) is 23.7 Å². The Morgan fingerprint density at radius 2 is 1.51 bits per heavy atom. The molecular formula is C50H68N8O7. The second-order valence-corrected chi connectivity index (χ2v) is 19.1. The van der Waals surface area contributed by atoms with Gasteiger partial charge >= 0.3 is 18.0 Å². The van der Waals surface area contributed by atoms with Crippen molar-refractivity contribution in [3.05, 3.63) is 101 Å². The summed E-state index contributed by atoms with van der Waals surface area (Å²) in [6, 6.07) is 12.5. The molecule has 65 heavy (non-hydrogen) atoms. The number of rotatable bonds is 19. The van der Waals surface area contributed by atoms with Crippen molar-refractivity contribution in [3.63, 3.8) is 0 Å². The van der Waals surface area contributed by atoms with E-state index in [1.807, 2.05) is 69.4 Å². The van der Waals surface area contributed by atoms with Crippen LogP contribution in [0.2, 0.25) is 0 Å². The van der Waals surface area contributed by atoms with Crippen molar-refractivity contribution in [2.24, 2.45) is 10.8 Å². The number of benzene rings is 2. The van der Waals surface area contributed by atoms with Crippen molar-refractivity contribution in [1.29, 1.82) is 0 Å². The van der Waals surface area contributed by atoms with E-state index in [0.717, 1.165) is 53.3 Å². The number of piperidine rings is 2. The molecule has 2 aliphatic rings. The Morgan fingerprint density at radius 1 is 0.862 bits per heavy atom. The van der Waals surface area contributed by atoms with Crippen LogP contribution in [0.5, 0.6) is 0 Å². The molecule has 0 aliphatic carbocycles. The molecule has 15 nitrogen and oxygen atoms in total. The predicted molar refractivity (Wildman–Crippen MR) is 253 cm³/mol. The average Bonchev–Trinajstić information content (AvgIpc) is 3.70. The van der Waals surface area contributed by atoms with Crippen LogP contribution >= 0.6 is 0 Å². The first-order valence-corrected chi connectivity index (χ1v) is 22.9. The van der Waals surface area contributed by atoms with E-state index in [1.165, 1.54) is 4.57 Å². The van der Waals surface area contributed by atoms with Crippen molar-refractivity contribution < 1.29 is 28.7 Å². The maximum atomic E-state index is 14.1. The fourth-order valence-electron chi connectivity index (χ4n) is 8.80. The van der Waals surface area contributed by atoms with Gasteiger partial charge < -0.3 is 35.2 Å². The molecule has 4 aromatic rings. The smallest absolute Gasteiger partial charge is 0.318 e. The van der Waals surface area contributed by atoms with Gasteiger partial charge in [-0.25, -0.2) is 9.48 Å². The number of hydrogen-bond donors (Lipinski definition) is 3. The monoisotopic (exact) mass is 893 g/mol. The fourth-order valence-corrected chi connectivity index (χ4v) is 8.80. The molecule has 2 saturated heterocycles. The molecule has 15 heteroatoms. The number of hydrogen-bond acceptors (Lipinski definition) is 10. The van der Waals surface area contributed by atoms with E-state index in [9.17, 15) is 24.0 Å². The van der Waals surface area contributed by atoms with Gasteiger partial charge in [0, 0.05) is 55.8 Å². The first-order valence-electron chi connectivity index (χ1n) is 22.9. The number of pyridine rings is 1. The number of aromatic nitrogens is 3. The van der Waals surface area contributed by atoms with Crippen LogP contribution in [0.15, 0.2) is 78.8 Å². The highest BCUT2D eigenvalue weighted by molar-refractivity contribution is 5.88. The van der Waals surface area contributed by atoms with Gasteiger partial charge in [0.05, 0.1) is 21.9 Å². The number of likely N-dealkylation sites (tertiary alicyclic amines) is 2. The summed E-state index contributed by atoms with van der Waals surface area (Å²) in [5.74, 6) is -1.18. The van der Waals surface area contributed by atoms with Crippen LogP contribution in [-0.2, 0) is 43.7 Å². The number of carbonyl (C=O) groups is 4. The third kappa shape index (κ3) is 12.3. The second-order valence-electron chi connectivity index (χ2n) is 19.1. The lowest BCUT2D eigenvalue weighted by Crippen LogP contribution is -2.54. The van der Waals surface area contributed by atoms with Crippen LogP contribution in [0.4, 0.5) is 4.79 Å². The van der Waals surface area contributed by atoms with Gasteiger partial charge in [0.25, 0.3) is 5.56 Å². The van der Waals surface area contributed by atoms with E-state index in [4.69, 9.17) is 9.47 Å². The number of aryl methyl sites for hydroxylation is 1. The number of carbonyl (C=O) groups excluding carboxylic acids is 4. The van der Waals surface area contributed by atoms with Gasteiger partial charge in [0.1, 0.15) is 6.04 Å².